The van der Waals surface area contributed by atoms with Gasteiger partial charge in [0.15, 0.2) is 12.2 Å². The molecule has 0 aromatic heterocycles. The summed E-state index contributed by atoms with van der Waals surface area (Å²) in [4.78, 5) is 67.7. The number of rotatable bonds is 11. The van der Waals surface area contributed by atoms with Crippen LogP contribution in [0.1, 0.15) is 51.8 Å². The fraction of sp³-hybridized carbons (Fsp3) is 0.146. The Balaban J connectivity index is 1.43. The van der Waals surface area contributed by atoms with Crippen molar-refractivity contribution in [3.8, 4) is 28.7 Å². The van der Waals surface area contributed by atoms with E-state index in [0.717, 1.165) is 0 Å². The number of hydrogen-bond acceptors (Lipinski definition) is 16. The van der Waals surface area contributed by atoms with Gasteiger partial charge in [0.2, 0.25) is 12.4 Å². The van der Waals surface area contributed by atoms with Gasteiger partial charge in [0, 0.05) is 0 Å². The van der Waals surface area contributed by atoms with Crippen LogP contribution in [0.2, 0.25) is 0 Å². The van der Waals surface area contributed by atoms with E-state index in [4.69, 9.17) is 28.4 Å². The molecule has 5 aromatic rings. The van der Waals surface area contributed by atoms with Gasteiger partial charge in [-0.15, -0.1) is 0 Å². The molecule has 1 heterocycles. The Labute approximate surface area is 322 Å². The summed E-state index contributed by atoms with van der Waals surface area (Å²) < 4.78 is 34.9. The molecule has 5 aromatic carbocycles. The highest BCUT2D eigenvalue weighted by atomic mass is 16.7. The Bertz CT molecular complexity index is 2220. The molecule has 5 atom stereocenters. The predicted octanol–water partition coefficient (Wildman–Crippen LogP) is 4.63. The number of phenolic OH excluding ortho intramolecular Hbond substituents is 5. The van der Waals surface area contributed by atoms with Crippen LogP contribution in [0.5, 0.6) is 28.7 Å². The van der Waals surface area contributed by atoms with Crippen molar-refractivity contribution in [2.45, 2.75) is 30.7 Å². The van der Waals surface area contributed by atoms with Crippen molar-refractivity contribution in [2.75, 3.05) is 6.61 Å². The maximum Gasteiger partial charge on any atom is 0.340 e. The second-order valence-corrected chi connectivity index (χ2v) is 12.4. The number of hydrogen-bond donors (Lipinski definition) is 5. The van der Waals surface area contributed by atoms with E-state index >= 15 is 0 Å². The summed E-state index contributed by atoms with van der Waals surface area (Å²) in [6, 6.07) is 24.3. The van der Waals surface area contributed by atoms with Gasteiger partial charge in [0.1, 0.15) is 41.5 Å². The molecule has 16 heteroatoms. The summed E-state index contributed by atoms with van der Waals surface area (Å²) in [7, 11) is 0. The van der Waals surface area contributed by atoms with Crippen LogP contribution < -0.4 is 0 Å². The average Bonchev–Trinajstić information content (AvgIpc) is 3.20. The summed E-state index contributed by atoms with van der Waals surface area (Å²) in [6.07, 6.45) is -9.26. The smallest absolute Gasteiger partial charge is 0.340 e. The molecule has 0 saturated carbocycles. The number of ether oxygens (including phenoxy) is 6. The van der Waals surface area contributed by atoms with Gasteiger partial charge in [-0.25, -0.2) is 24.0 Å². The van der Waals surface area contributed by atoms with Crippen molar-refractivity contribution in [1.29, 1.82) is 0 Å². The van der Waals surface area contributed by atoms with Crippen molar-refractivity contribution < 1.29 is 77.9 Å². The van der Waals surface area contributed by atoms with Crippen molar-refractivity contribution in [3.63, 3.8) is 0 Å². The van der Waals surface area contributed by atoms with E-state index in [2.05, 4.69) is 0 Å². The highest BCUT2D eigenvalue weighted by Gasteiger charge is 2.54. The summed E-state index contributed by atoms with van der Waals surface area (Å²) in [5.74, 6) is -6.10. The fourth-order valence-electron chi connectivity index (χ4n) is 5.49. The lowest BCUT2D eigenvalue weighted by Gasteiger charge is -2.43. The summed E-state index contributed by atoms with van der Waals surface area (Å²) in [5, 5.41) is 48.9. The molecule has 0 unspecified atom stereocenters. The number of esters is 5. The Kier molecular flexibility index (Phi) is 11.8. The van der Waals surface area contributed by atoms with Crippen LogP contribution in [0, 0.1) is 0 Å². The van der Waals surface area contributed by atoms with E-state index in [1.807, 2.05) is 0 Å². The molecule has 1 aliphatic rings. The number of benzene rings is 5. The molecule has 6 rings (SSSR count). The maximum atomic E-state index is 13.8. The van der Waals surface area contributed by atoms with Gasteiger partial charge in [0.25, 0.3) is 0 Å². The largest absolute Gasteiger partial charge is 0.508 e. The minimum atomic E-state index is -1.98. The lowest BCUT2D eigenvalue weighted by Crippen LogP contribution is -2.63. The number of phenols is 5. The van der Waals surface area contributed by atoms with E-state index in [9.17, 15) is 49.5 Å². The van der Waals surface area contributed by atoms with Gasteiger partial charge in [0.05, 0.1) is 27.8 Å². The number of carbonyl (C=O) groups excluding carboxylic acids is 5. The quantitative estimate of drug-likeness (QED) is 0.0906. The second kappa shape index (κ2) is 17.3. The normalized spacial score (nSPS) is 18.7. The van der Waals surface area contributed by atoms with Gasteiger partial charge in [-0.2, -0.15) is 0 Å². The molecule has 1 aliphatic heterocycles. The monoisotopic (exact) mass is 780 g/mol. The molecule has 0 spiro atoms. The number of carbonyl (C=O) groups is 5. The van der Waals surface area contributed by atoms with Crippen LogP contribution in [0.3, 0.4) is 0 Å². The molecular formula is C41H32O16. The topological polar surface area (TPSA) is 242 Å². The molecule has 0 radical (unpaired) electrons. The van der Waals surface area contributed by atoms with Gasteiger partial charge < -0.3 is 54.0 Å². The lowest BCUT2D eigenvalue weighted by molar-refractivity contribution is -0.282. The molecule has 5 N–H and O–H groups in total. The van der Waals surface area contributed by atoms with Gasteiger partial charge in [-0.3, -0.25) is 0 Å². The molecule has 292 valence electrons. The molecule has 1 saturated heterocycles. The van der Waals surface area contributed by atoms with E-state index in [1.165, 1.54) is 121 Å². The maximum absolute atomic E-state index is 13.8. The highest BCUT2D eigenvalue weighted by molar-refractivity contribution is 5.92. The Morgan fingerprint density at radius 1 is 0.386 bits per heavy atom. The van der Waals surface area contributed by atoms with Crippen molar-refractivity contribution >= 4 is 29.8 Å². The SMILES string of the molecule is O=C(OC[C@H]1O[C@H](OC(=O)c2ccc(O)cc2)[C@H](OC(=O)c2ccc(O)cc2)[C@@H](OC(=O)c2ccc(O)cc2)[C@@H]1OC(=O)c1ccc(O)cc1)c1ccc(O)cc1. The zero-order valence-corrected chi connectivity index (χ0v) is 29.4. The zero-order valence-electron chi connectivity index (χ0n) is 29.4. The summed E-state index contributed by atoms with van der Waals surface area (Å²) in [6.45, 7) is -0.758. The molecule has 0 aliphatic carbocycles. The second-order valence-electron chi connectivity index (χ2n) is 12.4. The zero-order chi connectivity index (χ0) is 40.6. The van der Waals surface area contributed by atoms with E-state index in [1.54, 1.807) is 0 Å². The molecule has 0 bridgehead atoms. The Morgan fingerprint density at radius 2 is 0.667 bits per heavy atom. The highest BCUT2D eigenvalue weighted by Crippen LogP contribution is 2.33. The minimum absolute atomic E-state index is 0.00688. The minimum Gasteiger partial charge on any atom is -0.508 e. The number of aromatic hydroxyl groups is 5. The molecule has 16 nitrogen and oxygen atoms in total. The molecule has 0 amide bonds. The van der Waals surface area contributed by atoms with E-state index in [0.29, 0.717) is 0 Å². The third-order valence-corrected chi connectivity index (χ3v) is 8.44. The molecule has 1 fully saturated rings. The fourth-order valence-corrected chi connectivity index (χ4v) is 5.49. The summed E-state index contributed by atoms with van der Waals surface area (Å²) in [5.41, 5.74) is -0.460. The van der Waals surface area contributed by atoms with Gasteiger partial charge in [-0.05, 0) is 121 Å². The van der Waals surface area contributed by atoms with Crippen molar-refractivity contribution in [1.82, 2.24) is 0 Å². The van der Waals surface area contributed by atoms with E-state index in [-0.39, 0.29) is 56.6 Å². The third kappa shape index (κ3) is 9.75. The third-order valence-electron chi connectivity index (χ3n) is 8.44. The standard InChI is InChI=1S/C41H32O16/c42-27-11-1-22(2-12-27)36(47)52-21-32-33(54-37(48)23-3-13-28(43)14-4-23)34(55-38(49)24-5-15-29(44)16-6-24)35(56-39(50)25-7-17-30(45)18-8-25)41(53-32)57-40(51)26-9-19-31(46)20-10-26/h1-20,32-35,41-46H,21H2/t32-,33-,34+,35-,41-/m1/s1. The van der Waals surface area contributed by atoms with Crippen LogP contribution in [0.4, 0.5) is 0 Å². The van der Waals surface area contributed by atoms with Crippen LogP contribution in [0.15, 0.2) is 121 Å². The first-order chi connectivity index (χ1) is 27.3. The van der Waals surface area contributed by atoms with E-state index < -0.39 is 67.2 Å². The Morgan fingerprint density at radius 3 is 1.02 bits per heavy atom. The van der Waals surface area contributed by atoms with Gasteiger partial charge in [-0.1, -0.05) is 0 Å². The first kappa shape index (κ1) is 39.1. The summed E-state index contributed by atoms with van der Waals surface area (Å²) >= 11 is 0. The van der Waals surface area contributed by atoms with Crippen LogP contribution >= 0.6 is 0 Å². The lowest BCUT2D eigenvalue weighted by atomic mass is 9.97. The van der Waals surface area contributed by atoms with Crippen molar-refractivity contribution in [3.05, 3.63) is 149 Å². The predicted molar refractivity (Wildman–Crippen MR) is 193 cm³/mol. The molecular weight excluding hydrogens is 748 g/mol. The molecule has 57 heavy (non-hydrogen) atoms. The van der Waals surface area contributed by atoms with Crippen LogP contribution in [0.25, 0.3) is 0 Å². The van der Waals surface area contributed by atoms with Crippen LogP contribution in [-0.2, 0) is 28.4 Å². The first-order valence-corrected chi connectivity index (χ1v) is 17.0. The van der Waals surface area contributed by atoms with Gasteiger partial charge >= 0.3 is 29.8 Å². The first-order valence-electron chi connectivity index (χ1n) is 17.0. The van der Waals surface area contributed by atoms with Crippen molar-refractivity contribution in [2.24, 2.45) is 0 Å². The Hall–Kier alpha value is -7.59. The van der Waals surface area contributed by atoms with Crippen LogP contribution in [-0.4, -0.2) is 92.7 Å². The average molecular weight is 781 g/mol.